The summed E-state index contributed by atoms with van der Waals surface area (Å²) >= 11 is 0. The first-order valence-electron chi connectivity index (χ1n) is 10.8. The van der Waals surface area contributed by atoms with Crippen molar-refractivity contribution >= 4 is 11.9 Å². The minimum atomic E-state index is -0.329. The fraction of sp³-hybridized carbons (Fsp3) is 0.636. The third-order valence-corrected chi connectivity index (χ3v) is 4.87. The second-order valence-corrected chi connectivity index (χ2v) is 7.30. The molecule has 1 aromatic carbocycles. The first-order chi connectivity index (χ1) is 14.6. The molecule has 1 aliphatic heterocycles. The van der Waals surface area contributed by atoms with Crippen LogP contribution in [0, 0.1) is 5.82 Å². The fourth-order valence-corrected chi connectivity index (χ4v) is 3.37. The number of ether oxygens (including phenoxy) is 2. The van der Waals surface area contributed by atoms with Gasteiger partial charge >= 0.3 is 0 Å². The number of halogens is 1. The van der Waals surface area contributed by atoms with Crippen LogP contribution in [0.2, 0.25) is 0 Å². The van der Waals surface area contributed by atoms with E-state index in [0.717, 1.165) is 58.1 Å². The summed E-state index contributed by atoms with van der Waals surface area (Å²) in [4.78, 5) is 18.9. The Labute approximate surface area is 179 Å². The van der Waals surface area contributed by atoms with Crippen molar-refractivity contribution in [1.29, 1.82) is 0 Å². The third kappa shape index (κ3) is 9.09. The van der Waals surface area contributed by atoms with Crippen molar-refractivity contribution in [2.24, 2.45) is 4.99 Å². The van der Waals surface area contributed by atoms with Crippen LogP contribution in [0.1, 0.15) is 31.7 Å². The van der Waals surface area contributed by atoms with E-state index in [4.69, 9.17) is 9.47 Å². The summed E-state index contributed by atoms with van der Waals surface area (Å²) < 4.78 is 24.2. The van der Waals surface area contributed by atoms with E-state index >= 15 is 0 Å². The number of carbonyl (C=O) groups is 1. The first-order valence-corrected chi connectivity index (χ1v) is 10.8. The molecular formula is C22H35FN4O3. The Kier molecular flexibility index (Phi) is 11.2. The van der Waals surface area contributed by atoms with E-state index in [2.05, 4.69) is 20.5 Å². The molecule has 0 aliphatic carbocycles. The number of carbonyl (C=O) groups excluding carboxylic acids is 1. The Hall–Kier alpha value is -2.19. The molecule has 7 nitrogen and oxygen atoms in total. The largest absolute Gasteiger partial charge is 0.385 e. The number of hydrogen-bond acceptors (Lipinski definition) is 4. The van der Waals surface area contributed by atoms with Crippen LogP contribution >= 0.6 is 0 Å². The van der Waals surface area contributed by atoms with Gasteiger partial charge in [-0.3, -0.25) is 9.79 Å². The van der Waals surface area contributed by atoms with E-state index in [1.54, 1.807) is 19.2 Å². The number of amides is 1. The quantitative estimate of drug-likeness (QED) is 0.324. The summed E-state index contributed by atoms with van der Waals surface area (Å²) in [5.74, 6) is 0.409. The van der Waals surface area contributed by atoms with Crippen LogP contribution in [0.4, 0.5) is 4.39 Å². The Morgan fingerprint density at radius 3 is 2.77 bits per heavy atom. The minimum absolute atomic E-state index is 0.132. The van der Waals surface area contributed by atoms with Crippen LogP contribution in [0.15, 0.2) is 29.3 Å². The minimum Gasteiger partial charge on any atom is -0.385 e. The van der Waals surface area contributed by atoms with Gasteiger partial charge in [0.1, 0.15) is 5.82 Å². The molecular weight excluding hydrogens is 387 g/mol. The average Bonchev–Trinajstić information content (AvgIpc) is 2.74. The molecule has 8 heteroatoms. The van der Waals surface area contributed by atoms with Gasteiger partial charge in [-0.1, -0.05) is 12.1 Å². The van der Waals surface area contributed by atoms with Crippen LogP contribution in [0.5, 0.6) is 0 Å². The van der Waals surface area contributed by atoms with Crippen molar-refractivity contribution in [3.63, 3.8) is 0 Å². The van der Waals surface area contributed by atoms with Crippen LogP contribution in [-0.2, 0) is 20.7 Å². The number of hydrogen-bond donors (Lipinski definition) is 2. The second-order valence-electron chi connectivity index (χ2n) is 7.30. The molecule has 1 aromatic rings. The summed E-state index contributed by atoms with van der Waals surface area (Å²) in [5.41, 5.74) is 0.664. The van der Waals surface area contributed by atoms with E-state index < -0.39 is 0 Å². The van der Waals surface area contributed by atoms with Crippen molar-refractivity contribution in [1.82, 2.24) is 15.5 Å². The highest BCUT2D eigenvalue weighted by molar-refractivity contribution is 5.80. The van der Waals surface area contributed by atoms with E-state index in [-0.39, 0.29) is 18.1 Å². The van der Waals surface area contributed by atoms with E-state index in [1.165, 1.54) is 12.1 Å². The van der Waals surface area contributed by atoms with Crippen molar-refractivity contribution in [2.45, 2.75) is 38.7 Å². The normalized spacial score (nSPS) is 15.3. The number of rotatable bonds is 11. The lowest BCUT2D eigenvalue weighted by Crippen LogP contribution is -2.47. The van der Waals surface area contributed by atoms with Crippen LogP contribution in [0.25, 0.3) is 0 Å². The lowest BCUT2D eigenvalue weighted by molar-refractivity contribution is -0.120. The monoisotopic (exact) mass is 422 g/mol. The molecule has 1 saturated heterocycles. The maximum absolute atomic E-state index is 13.2. The van der Waals surface area contributed by atoms with Crippen molar-refractivity contribution in [3.8, 4) is 0 Å². The molecule has 0 spiro atoms. The summed E-state index contributed by atoms with van der Waals surface area (Å²) in [6, 6.07) is 6.11. The average molecular weight is 423 g/mol. The van der Waals surface area contributed by atoms with E-state index in [0.29, 0.717) is 24.8 Å². The van der Waals surface area contributed by atoms with Crippen molar-refractivity contribution in [3.05, 3.63) is 35.6 Å². The van der Waals surface area contributed by atoms with Gasteiger partial charge in [-0.2, -0.15) is 0 Å². The van der Waals surface area contributed by atoms with Gasteiger partial charge in [-0.15, -0.1) is 0 Å². The lowest BCUT2D eigenvalue weighted by atomic mass is 10.1. The Balaban J connectivity index is 1.70. The lowest BCUT2D eigenvalue weighted by Gasteiger charge is -2.34. The van der Waals surface area contributed by atoms with Crippen molar-refractivity contribution < 1.29 is 18.7 Å². The summed E-state index contributed by atoms with van der Waals surface area (Å²) in [6.07, 6.45) is 3.33. The molecule has 168 valence electrons. The highest BCUT2D eigenvalue weighted by atomic mass is 19.1. The molecule has 1 fully saturated rings. The topological polar surface area (TPSA) is 75.2 Å². The number of guanidine groups is 1. The molecule has 0 saturated carbocycles. The summed E-state index contributed by atoms with van der Waals surface area (Å²) in [5, 5.41) is 6.17. The van der Waals surface area contributed by atoms with Gasteiger partial charge in [0.05, 0.1) is 19.1 Å². The Bertz CT molecular complexity index is 664. The SMILES string of the molecule is CCNC(=NCCNC(=O)Cc1cccc(F)c1)N1CCC(OCCCOC)CC1. The van der Waals surface area contributed by atoms with Gasteiger partial charge in [-0.05, 0) is 43.9 Å². The molecule has 0 aromatic heterocycles. The molecule has 0 radical (unpaired) electrons. The summed E-state index contributed by atoms with van der Waals surface area (Å²) in [7, 11) is 1.70. The molecule has 0 atom stereocenters. The molecule has 1 aliphatic rings. The molecule has 0 unspecified atom stereocenters. The maximum Gasteiger partial charge on any atom is 0.224 e. The number of nitrogens with one attached hydrogen (secondary N) is 2. The molecule has 1 amide bonds. The second kappa shape index (κ2) is 13.9. The standard InChI is InChI=1S/C22H35FN4O3/c1-3-24-22(27-12-8-20(9-13-27)30-15-5-14-29-2)26-11-10-25-21(28)17-18-6-4-7-19(23)16-18/h4,6-7,16,20H,3,5,8-15,17H2,1-2H3,(H,24,26)(H,25,28). The van der Waals surface area contributed by atoms with Crippen LogP contribution < -0.4 is 10.6 Å². The highest BCUT2D eigenvalue weighted by Gasteiger charge is 2.21. The zero-order valence-electron chi connectivity index (χ0n) is 18.2. The molecule has 2 N–H and O–H groups in total. The third-order valence-electron chi connectivity index (χ3n) is 4.87. The van der Waals surface area contributed by atoms with Gasteiger partial charge < -0.3 is 25.0 Å². The number of aliphatic imine (C=N–C) groups is 1. The molecule has 0 bridgehead atoms. The maximum atomic E-state index is 13.2. The number of piperidine rings is 1. The van der Waals surface area contributed by atoms with Gasteiger partial charge in [0.25, 0.3) is 0 Å². The number of nitrogens with zero attached hydrogens (tertiary/aromatic N) is 2. The van der Waals surface area contributed by atoms with E-state index in [1.807, 2.05) is 6.92 Å². The highest BCUT2D eigenvalue weighted by Crippen LogP contribution is 2.14. The van der Waals surface area contributed by atoms with Gasteiger partial charge in [0.15, 0.2) is 5.96 Å². The fourth-order valence-electron chi connectivity index (χ4n) is 3.37. The molecule has 2 rings (SSSR count). The Morgan fingerprint density at radius 1 is 1.27 bits per heavy atom. The zero-order valence-corrected chi connectivity index (χ0v) is 18.2. The Morgan fingerprint density at radius 2 is 2.07 bits per heavy atom. The smallest absolute Gasteiger partial charge is 0.224 e. The van der Waals surface area contributed by atoms with E-state index in [9.17, 15) is 9.18 Å². The number of likely N-dealkylation sites (tertiary alicyclic amines) is 1. The van der Waals surface area contributed by atoms with Crippen LogP contribution in [-0.4, -0.2) is 75.9 Å². The molecule has 30 heavy (non-hydrogen) atoms. The molecule has 1 heterocycles. The predicted molar refractivity (Wildman–Crippen MR) is 116 cm³/mol. The summed E-state index contributed by atoms with van der Waals surface area (Å²) in [6.45, 7) is 7.03. The predicted octanol–water partition coefficient (Wildman–Crippen LogP) is 1.97. The zero-order chi connectivity index (χ0) is 21.6. The van der Waals surface area contributed by atoms with Gasteiger partial charge in [-0.25, -0.2) is 4.39 Å². The first kappa shape index (κ1) is 24.1. The number of benzene rings is 1. The van der Waals surface area contributed by atoms with Crippen molar-refractivity contribution in [2.75, 3.05) is 53.0 Å². The van der Waals surface area contributed by atoms with Gasteiger partial charge in [0.2, 0.25) is 5.91 Å². The number of methoxy groups -OCH3 is 1. The van der Waals surface area contributed by atoms with Gasteiger partial charge in [0, 0.05) is 46.5 Å². The van der Waals surface area contributed by atoms with Crippen LogP contribution in [0.3, 0.4) is 0 Å².